The summed E-state index contributed by atoms with van der Waals surface area (Å²) in [5, 5.41) is 7.57. The number of hydrogen-bond acceptors (Lipinski definition) is 3. The first-order valence-corrected chi connectivity index (χ1v) is 9.26. The second-order valence-corrected chi connectivity index (χ2v) is 7.05. The summed E-state index contributed by atoms with van der Waals surface area (Å²) in [6.45, 7) is 9.57. The van der Waals surface area contributed by atoms with Gasteiger partial charge in [-0.25, -0.2) is 0 Å². The van der Waals surface area contributed by atoms with Crippen molar-refractivity contribution in [3.05, 3.63) is 0 Å². The summed E-state index contributed by atoms with van der Waals surface area (Å²) in [6, 6.07) is 0.858. The van der Waals surface area contributed by atoms with Crippen LogP contribution in [0.1, 0.15) is 39.5 Å². The molecule has 1 aliphatic heterocycles. The van der Waals surface area contributed by atoms with Crippen molar-refractivity contribution < 1.29 is 0 Å². The molecule has 1 saturated heterocycles. The molecule has 20 heavy (non-hydrogen) atoms. The van der Waals surface area contributed by atoms with Crippen molar-refractivity contribution in [2.75, 3.05) is 38.5 Å². The average Bonchev–Trinajstić information content (AvgIpc) is 3.16. The normalized spacial score (nSPS) is 23.4. The molecular weight excluding hydrogens is 268 g/mol. The number of hydrogen-bond donors (Lipinski definition) is 2. The molecule has 0 spiro atoms. The molecule has 1 aliphatic carbocycles. The quantitative estimate of drug-likeness (QED) is 0.530. The van der Waals surface area contributed by atoms with E-state index in [0.717, 1.165) is 43.4 Å². The zero-order valence-electron chi connectivity index (χ0n) is 13.0. The molecule has 5 heteroatoms. The number of nitrogens with one attached hydrogen (secondary N) is 2. The Bertz CT molecular complexity index is 298. The van der Waals surface area contributed by atoms with E-state index < -0.39 is 0 Å². The van der Waals surface area contributed by atoms with E-state index in [1.54, 1.807) is 0 Å². The molecule has 1 atom stereocenters. The number of aliphatic imine (C=N–C) groups is 1. The first-order valence-electron chi connectivity index (χ1n) is 8.21. The van der Waals surface area contributed by atoms with Crippen LogP contribution in [0.5, 0.6) is 0 Å². The summed E-state index contributed by atoms with van der Waals surface area (Å²) in [5.74, 6) is 2.31. The van der Waals surface area contributed by atoms with Gasteiger partial charge in [0, 0.05) is 30.9 Å². The highest BCUT2D eigenvalue weighted by Crippen LogP contribution is 2.26. The first-order chi connectivity index (χ1) is 9.83. The van der Waals surface area contributed by atoms with E-state index in [2.05, 4.69) is 41.1 Å². The van der Waals surface area contributed by atoms with Crippen molar-refractivity contribution in [3.63, 3.8) is 0 Å². The van der Waals surface area contributed by atoms with E-state index in [0.29, 0.717) is 0 Å². The topological polar surface area (TPSA) is 39.7 Å². The van der Waals surface area contributed by atoms with Gasteiger partial charge in [-0.1, -0.05) is 6.92 Å². The maximum Gasteiger partial charge on any atom is 0.191 e. The minimum Gasteiger partial charge on any atom is -0.357 e. The number of likely N-dealkylation sites (N-methyl/N-ethyl adjacent to an activating group) is 1. The lowest BCUT2D eigenvalue weighted by Gasteiger charge is -2.21. The smallest absolute Gasteiger partial charge is 0.191 e. The fraction of sp³-hybridized carbons (Fsp3) is 0.933. The predicted octanol–water partition coefficient (Wildman–Crippen LogP) is 1.92. The molecule has 1 heterocycles. The Morgan fingerprint density at radius 3 is 2.70 bits per heavy atom. The Kier molecular flexibility index (Phi) is 7.00. The van der Waals surface area contributed by atoms with Gasteiger partial charge in [-0.15, -0.1) is 0 Å². The Balaban J connectivity index is 1.68. The van der Waals surface area contributed by atoms with Crippen molar-refractivity contribution in [2.45, 2.75) is 50.8 Å². The van der Waals surface area contributed by atoms with Crippen LogP contribution in [0.3, 0.4) is 0 Å². The van der Waals surface area contributed by atoms with Crippen LogP contribution in [-0.2, 0) is 0 Å². The Morgan fingerprint density at radius 2 is 2.10 bits per heavy atom. The Labute approximate surface area is 128 Å². The van der Waals surface area contributed by atoms with Gasteiger partial charge < -0.3 is 10.6 Å². The molecule has 1 unspecified atom stereocenters. The van der Waals surface area contributed by atoms with Gasteiger partial charge in [-0.2, -0.15) is 11.8 Å². The average molecular weight is 299 g/mol. The fourth-order valence-electron chi connectivity index (χ4n) is 2.68. The highest BCUT2D eigenvalue weighted by Gasteiger charge is 2.27. The lowest BCUT2D eigenvalue weighted by atomic mass is 10.2. The van der Waals surface area contributed by atoms with Crippen LogP contribution in [-0.4, -0.2) is 60.6 Å². The summed E-state index contributed by atoms with van der Waals surface area (Å²) in [5.41, 5.74) is 0. The van der Waals surface area contributed by atoms with E-state index in [4.69, 9.17) is 4.99 Å². The highest BCUT2D eigenvalue weighted by atomic mass is 32.2. The molecule has 2 fully saturated rings. The fourth-order valence-corrected chi connectivity index (χ4v) is 3.86. The van der Waals surface area contributed by atoms with E-state index in [1.165, 1.54) is 38.0 Å². The number of guanidine groups is 1. The molecule has 0 aromatic carbocycles. The minimum atomic E-state index is 0.740. The van der Waals surface area contributed by atoms with Crippen LogP contribution < -0.4 is 10.6 Å². The molecule has 1 saturated carbocycles. The van der Waals surface area contributed by atoms with Crippen molar-refractivity contribution in [2.24, 2.45) is 4.99 Å². The maximum atomic E-state index is 4.73. The van der Waals surface area contributed by atoms with Gasteiger partial charge in [-0.05, 0) is 44.9 Å². The number of rotatable bonds is 8. The highest BCUT2D eigenvalue weighted by molar-refractivity contribution is 8.00. The van der Waals surface area contributed by atoms with Crippen molar-refractivity contribution in [3.8, 4) is 0 Å². The monoisotopic (exact) mass is 298 g/mol. The Hall–Kier alpha value is -0.420. The molecule has 2 N–H and O–H groups in total. The largest absolute Gasteiger partial charge is 0.357 e. The molecule has 0 radical (unpaired) electrons. The summed E-state index contributed by atoms with van der Waals surface area (Å²) in [7, 11) is 0. The molecule has 0 amide bonds. The van der Waals surface area contributed by atoms with Gasteiger partial charge in [-0.3, -0.25) is 9.89 Å². The molecule has 4 nitrogen and oxygen atoms in total. The van der Waals surface area contributed by atoms with Gasteiger partial charge in [0.15, 0.2) is 5.96 Å². The van der Waals surface area contributed by atoms with Gasteiger partial charge >= 0.3 is 0 Å². The minimum absolute atomic E-state index is 0.740. The standard InChI is InChI=1S/C15H30N4S/c1-3-16-15(18-12-14-6-5-11-20-14)17-9-10-19(4-2)13-7-8-13/h13-14H,3-12H2,1-2H3,(H2,16,17,18). The molecule has 0 aromatic heterocycles. The molecule has 2 rings (SSSR count). The van der Waals surface area contributed by atoms with Crippen LogP contribution in [0.4, 0.5) is 0 Å². The summed E-state index contributed by atoms with van der Waals surface area (Å²) in [4.78, 5) is 7.31. The molecule has 116 valence electrons. The van der Waals surface area contributed by atoms with E-state index in [9.17, 15) is 0 Å². The molecule has 2 aliphatic rings. The Morgan fingerprint density at radius 1 is 1.25 bits per heavy atom. The van der Waals surface area contributed by atoms with Crippen LogP contribution in [0.25, 0.3) is 0 Å². The zero-order valence-corrected chi connectivity index (χ0v) is 13.8. The van der Waals surface area contributed by atoms with Crippen molar-refractivity contribution in [1.82, 2.24) is 15.5 Å². The van der Waals surface area contributed by atoms with E-state index in [-0.39, 0.29) is 0 Å². The first kappa shape index (κ1) is 16.0. The zero-order chi connectivity index (χ0) is 14.2. The van der Waals surface area contributed by atoms with Crippen molar-refractivity contribution in [1.29, 1.82) is 0 Å². The summed E-state index contributed by atoms with van der Waals surface area (Å²) >= 11 is 2.08. The van der Waals surface area contributed by atoms with Crippen LogP contribution in [0, 0.1) is 0 Å². The third-order valence-electron chi connectivity index (χ3n) is 3.98. The van der Waals surface area contributed by atoms with Gasteiger partial charge in [0.2, 0.25) is 0 Å². The molecular formula is C15H30N4S. The summed E-state index contributed by atoms with van der Waals surface area (Å²) < 4.78 is 0. The lowest BCUT2D eigenvalue weighted by molar-refractivity contribution is 0.282. The maximum absolute atomic E-state index is 4.73. The third kappa shape index (κ3) is 5.52. The van der Waals surface area contributed by atoms with Gasteiger partial charge in [0.1, 0.15) is 0 Å². The predicted molar refractivity (Wildman–Crippen MR) is 89.7 cm³/mol. The lowest BCUT2D eigenvalue weighted by Crippen LogP contribution is -2.42. The number of thioether (sulfide) groups is 1. The molecule has 0 aromatic rings. The van der Waals surface area contributed by atoms with Crippen molar-refractivity contribution >= 4 is 17.7 Å². The second-order valence-electron chi connectivity index (χ2n) is 5.64. The second kappa shape index (κ2) is 8.78. The number of nitrogens with zero attached hydrogens (tertiary/aromatic N) is 2. The molecule has 0 bridgehead atoms. The van der Waals surface area contributed by atoms with Crippen LogP contribution in [0.15, 0.2) is 4.99 Å². The SMILES string of the molecule is CCNC(=NCC1CCCS1)NCCN(CC)C1CC1. The van der Waals surface area contributed by atoms with Crippen LogP contribution in [0.2, 0.25) is 0 Å². The van der Waals surface area contributed by atoms with E-state index in [1.807, 2.05) is 0 Å². The van der Waals surface area contributed by atoms with Crippen LogP contribution >= 0.6 is 11.8 Å². The van der Waals surface area contributed by atoms with Gasteiger partial charge in [0.25, 0.3) is 0 Å². The summed E-state index contributed by atoms with van der Waals surface area (Å²) in [6.07, 6.45) is 5.47. The third-order valence-corrected chi connectivity index (χ3v) is 5.36. The van der Waals surface area contributed by atoms with E-state index >= 15 is 0 Å². The van der Waals surface area contributed by atoms with Gasteiger partial charge in [0.05, 0.1) is 6.54 Å².